The summed E-state index contributed by atoms with van der Waals surface area (Å²) < 4.78 is 1.18. The summed E-state index contributed by atoms with van der Waals surface area (Å²) in [6.45, 7) is 0. The lowest BCUT2D eigenvalue weighted by Crippen LogP contribution is -1.95. The zero-order chi connectivity index (χ0) is 14.5. The molecule has 2 aromatic heterocycles. The fraction of sp³-hybridized carbons (Fsp3) is 0.0625. The topological polar surface area (TPSA) is 50.7 Å². The normalized spacial score (nSPS) is 10.5. The standard InChI is InChI=1S/C16H12N4S/c1-17-16-18-10-12(11-19-16)6-2-5-9-15-20-13-7-3-4-8-14(13)21-15/h3-5,7-11H,1H3,(H,17,18,19). The van der Waals surface area contributed by atoms with Crippen LogP contribution in [-0.2, 0) is 0 Å². The quantitative estimate of drug-likeness (QED) is 0.737. The molecule has 2 heterocycles. The first kappa shape index (κ1) is 13.3. The van der Waals surface area contributed by atoms with Gasteiger partial charge in [-0.1, -0.05) is 24.0 Å². The number of allylic oxidation sites excluding steroid dienone is 1. The summed E-state index contributed by atoms with van der Waals surface area (Å²) >= 11 is 1.65. The largest absolute Gasteiger partial charge is 0.357 e. The lowest BCUT2D eigenvalue weighted by atomic mass is 10.3. The first-order chi connectivity index (χ1) is 10.3. The van der Waals surface area contributed by atoms with Gasteiger partial charge in [0.1, 0.15) is 5.01 Å². The van der Waals surface area contributed by atoms with E-state index in [4.69, 9.17) is 0 Å². The summed E-state index contributed by atoms with van der Waals surface area (Å²) in [5.41, 5.74) is 1.80. The molecule has 0 aliphatic carbocycles. The Morgan fingerprint density at radius 3 is 2.76 bits per heavy atom. The van der Waals surface area contributed by atoms with E-state index >= 15 is 0 Å². The first-order valence-electron chi connectivity index (χ1n) is 6.38. The average Bonchev–Trinajstić information content (AvgIpc) is 2.95. The molecule has 21 heavy (non-hydrogen) atoms. The predicted molar refractivity (Wildman–Crippen MR) is 87.1 cm³/mol. The third kappa shape index (κ3) is 3.25. The SMILES string of the molecule is CNc1ncc(C#CC=Cc2nc3ccccc3s2)cn1. The summed E-state index contributed by atoms with van der Waals surface area (Å²) in [4.78, 5) is 12.7. The minimum absolute atomic E-state index is 0.588. The molecule has 0 radical (unpaired) electrons. The van der Waals surface area contributed by atoms with Crippen LogP contribution in [0.15, 0.2) is 42.7 Å². The van der Waals surface area contributed by atoms with Crippen LogP contribution in [0.3, 0.4) is 0 Å². The van der Waals surface area contributed by atoms with Crippen LogP contribution in [0.1, 0.15) is 10.6 Å². The molecule has 3 rings (SSSR count). The number of nitrogens with zero attached hydrogens (tertiary/aromatic N) is 3. The highest BCUT2D eigenvalue weighted by molar-refractivity contribution is 7.19. The van der Waals surface area contributed by atoms with E-state index in [0.29, 0.717) is 5.95 Å². The summed E-state index contributed by atoms with van der Waals surface area (Å²) in [6.07, 6.45) is 7.10. The first-order valence-corrected chi connectivity index (χ1v) is 7.20. The summed E-state index contributed by atoms with van der Waals surface area (Å²) in [5, 5.41) is 3.82. The summed E-state index contributed by atoms with van der Waals surface area (Å²) in [5.74, 6) is 6.54. The highest BCUT2D eigenvalue weighted by Crippen LogP contribution is 2.22. The molecule has 0 atom stereocenters. The number of para-hydroxylation sites is 1. The highest BCUT2D eigenvalue weighted by atomic mass is 32.1. The average molecular weight is 292 g/mol. The van der Waals surface area contributed by atoms with Crippen molar-refractivity contribution in [2.45, 2.75) is 0 Å². The maximum Gasteiger partial charge on any atom is 0.222 e. The third-order valence-electron chi connectivity index (χ3n) is 2.71. The number of nitrogens with one attached hydrogen (secondary N) is 1. The minimum Gasteiger partial charge on any atom is -0.357 e. The van der Waals surface area contributed by atoms with Gasteiger partial charge in [-0.25, -0.2) is 15.0 Å². The van der Waals surface area contributed by atoms with Crippen molar-refractivity contribution in [1.29, 1.82) is 0 Å². The molecule has 0 saturated carbocycles. The Hall–Kier alpha value is -2.71. The Labute approximate surface area is 126 Å². The van der Waals surface area contributed by atoms with Gasteiger partial charge in [0.05, 0.1) is 15.8 Å². The van der Waals surface area contributed by atoms with Crippen LogP contribution in [0.5, 0.6) is 0 Å². The van der Waals surface area contributed by atoms with Crippen LogP contribution in [0.2, 0.25) is 0 Å². The molecular formula is C16H12N4S. The van der Waals surface area contributed by atoms with E-state index < -0.39 is 0 Å². The van der Waals surface area contributed by atoms with Gasteiger partial charge in [-0.2, -0.15) is 0 Å². The second-order valence-corrected chi connectivity index (χ2v) is 5.23. The molecule has 5 heteroatoms. The van der Waals surface area contributed by atoms with Crippen LogP contribution >= 0.6 is 11.3 Å². The molecule has 0 bridgehead atoms. The van der Waals surface area contributed by atoms with Gasteiger partial charge in [-0.05, 0) is 24.3 Å². The molecule has 0 fully saturated rings. The Morgan fingerprint density at radius 1 is 1.19 bits per heavy atom. The third-order valence-corrected chi connectivity index (χ3v) is 3.71. The zero-order valence-corrected chi connectivity index (χ0v) is 12.2. The summed E-state index contributed by atoms with van der Waals surface area (Å²) in [7, 11) is 1.78. The van der Waals surface area contributed by atoms with Crippen molar-refractivity contribution >= 4 is 33.6 Å². The second-order valence-electron chi connectivity index (χ2n) is 4.17. The smallest absolute Gasteiger partial charge is 0.222 e. The molecule has 102 valence electrons. The highest BCUT2D eigenvalue weighted by Gasteiger charge is 1.98. The van der Waals surface area contributed by atoms with Crippen molar-refractivity contribution in [3.63, 3.8) is 0 Å². The molecule has 0 amide bonds. The van der Waals surface area contributed by atoms with Crippen molar-refractivity contribution in [3.8, 4) is 11.8 Å². The number of anilines is 1. The molecule has 1 N–H and O–H groups in total. The molecular weight excluding hydrogens is 280 g/mol. The van der Waals surface area contributed by atoms with E-state index in [1.165, 1.54) is 4.70 Å². The number of fused-ring (bicyclic) bond motifs is 1. The van der Waals surface area contributed by atoms with Crippen LogP contribution < -0.4 is 5.32 Å². The van der Waals surface area contributed by atoms with E-state index in [0.717, 1.165) is 16.1 Å². The molecule has 0 unspecified atom stereocenters. The van der Waals surface area contributed by atoms with Crippen molar-refractivity contribution in [2.75, 3.05) is 12.4 Å². The molecule has 1 aromatic carbocycles. The Kier molecular flexibility index (Phi) is 3.90. The van der Waals surface area contributed by atoms with Gasteiger partial charge in [0.25, 0.3) is 0 Å². The predicted octanol–water partition coefficient (Wildman–Crippen LogP) is 3.19. The van der Waals surface area contributed by atoms with Crippen molar-refractivity contribution < 1.29 is 0 Å². The van der Waals surface area contributed by atoms with E-state index in [-0.39, 0.29) is 0 Å². The molecule has 0 saturated heterocycles. The van der Waals surface area contributed by atoms with E-state index in [1.54, 1.807) is 36.9 Å². The Balaban J connectivity index is 1.73. The van der Waals surface area contributed by atoms with Gasteiger partial charge in [-0.15, -0.1) is 11.3 Å². The number of benzene rings is 1. The van der Waals surface area contributed by atoms with Gasteiger partial charge in [0, 0.05) is 19.4 Å². The van der Waals surface area contributed by atoms with E-state index in [2.05, 4.69) is 38.2 Å². The van der Waals surface area contributed by atoms with Gasteiger partial charge in [0.2, 0.25) is 5.95 Å². The van der Waals surface area contributed by atoms with Gasteiger partial charge in [0.15, 0.2) is 0 Å². The second kappa shape index (κ2) is 6.16. The molecule has 0 aliphatic heterocycles. The minimum atomic E-state index is 0.588. The van der Waals surface area contributed by atoms with Gasteiger partial charge >= 0.3 is 0 Å². The molecule has 0 spiro atoms. The van der Waals surface area contributed by atoms with Crippen molar-refractivity contribution in [1.82, 2.24) is 15.0 Å². The molecule has 3 aromatic rings. The molecule has 0 aliphatic rings. The Bertz CT molecular complexity index is 805. The van der Waals surface area contributed by atoms with Gasteiger partial charge < -0.3 is 5.32 Å². The zero-order valence-electron chi connectivity index (χ0n) is 11.4. The van der Waals surface area contributed by atoms with Crippen molar-refractivity contribution in [3.05, 3.63) is 53.3 Å². The molecule has 4 nitrogen and oxygen atoms in total. The number of aromatic nitrogens is 3. The monoisotopic (exact) mass is 292 g/mol. The fourth-order valence-electron chi connectivity index (χ4n) is 1.72. The van der Waals surface area contributed by atoms with Gasteiger partial charge in [-0.3, -0.25) is 0 Å². The number of thiazole rings is 1. The van der Waals surface area contributed by atoms with E-state index in [1.807, 2.05) is 24.3 Å². The Morgan fingerprint density at radius 2 is 2.00 bits per heavy atom. The maximum atomic E-state index is 4.51. The number of hydrogen-bond donors (Lipinski definition) is 1. The van der Waals surface area contributed by atoms with Crippen LogP contribution in [0, 0.1) is 11.8 Å². The lowest BCUT2D eigenvalue weighted by molar-refractivity contribution is 1.14. The van der Waals surface area contributed by atoms with E-state index in [9.17, 15) is 0 Å². The fourth-order valence-corrected chi connectivity index (χ4v) is 2.59. The van der Waals surface area contributed by atoms with Crippen molar-refractivity contribution in [2.24, 2.45) is 0 Å². The van der Waals surface area contributed by atoms with Crippen LogP contribution in [0.25, 0.3) is 16.3 Å². The maximum absolute atomic E-state index is 4.51. The number of rotatable bonds is 2. The van der Waals surface area contributed by atoms with Crippen LogP contribution in [0.4, 0.5) is 5.95 Å². The lowest BCUT2D eigenvalue weighted by Gasteiger charge is -1.94. The number of hydrogen-bond acceptors (Lipinski definition) is 5. The van der Waals surface area contributed by atoms with Crippen LogP contribution in [-0.4, -0.2) is 22.0 Å². The summed E-state index contributed by atoms with van der Waals surface area (Å²) in [6, 6.07) is 8.08.